The largest absolute Gasteiger partial charge is 0.344 e. The van der Waals surface area contributed by atoms with Crippen LogP contribution in [0, 0.1) is 0 Å². The van der Waals surface area contributed by atoms with Crippen molar-refractivity contribution in [2.24, 2.45) is 0 Å². The van der Waals surface area contributed by atoms with E-state index in [1.807, 2.05) is 23.6 Å². The maximum absolute atomic E-state index is 12.6. The normalized spacial score (nSPS) is 17.6. The number of amides is 1. The van der Waals surface area contributed by atoms with Gasteiger partial charge in [0.1, 0.15) is 28.8 Å². The van der Waals surface area contributed by atoms with Crippen molar-refractivity contribution in [1.82, 2.24) is 15.0 Å². The highest BCUT2D eigenvalue weighted by atomic mass is 32.1. The molecule has 1 aliphatic rings. The lowest BCUT2D eigenvalue weighted by molar-refractivity contribution is -0.117. The van der Waals surface area contributed by atoms with Crippen molar-refractivity contribution in [3.8, 4) is 0 Å². The summed E-state index contributed by atoms with van der Waals surface area (Å²) in [5, 5.41) is 5.90. The minimum Gasteiger partial charge on any atom is -0.344 e. The summed E-state index contributed by atoms with van der Waals surface area (Å²) in [5.41, 5.74) is 0. The van der Waals surface area contributed by atoms with E-state index in [2.05, 4.69) is 25.2 Å². The summed E-state index contributed by atoms with van der Waals surface area (Å²) in [5.74, 6) is 1.38. The number of aromatic nitrogens is 3. The van der Waals surface area contributed by atoms with Crippen molar-refractivity contribution < 1.29 is 4.79 Å². The Morgan fingerprint density at radius 3 is 3.09 bits per heavy atom. The molecule has 0 saturated carbocycles. The molecule has 4 heterocycles. The van der Waals surface area contributed by atoms with E-state index in [1.54, 1.807) is 29.9 Å². The number of fused-ring (bicyclic) bond motifs is 1. The third kappa shape index (κ3) is 2.63. The zero-order valence-electron chi connectivity index (χ0n) is 12.3. The van der Waals surface area contributed by atoms with Crippen LogP contribution in [0.4, 0.5) is 11.6 Å². The smallest absolute Gasteiger partial charge is 0.248 e. The highest BCUT2D eigenvalue weighted by molar-refractivity contribution is 7.16. The summed E-state index contributed by atoms with van der Waals surface area (Å²) in [4.78, 5) is 28.5. The number of rotatable bonds is 3. The van der Waals surface area contributed by atoms with Crippen LogP contribution in [-0.4, -0.2) is 33.4 Å². The molecule has 1 fully saturated rings. The van der Waals surface area contributed by atoms with Crippen LogP contribution >= 0.6 is 11.3 Å². The highest BCUT2D eigenvalue weighted by Gasteiger charge is 2.32. The van der Waals surface area contributed by atoms with Crippen molar-refractivity contribution in [1.29, 1.82) is 0 Å². The molecule has 116 valence electrons. The highest BCUT2D eigenvalue weighted by Crippen LogP contribution is 2.31. The van der Waals surface area contributed by atoms with Gasteiger partial charge in [-0.25, -0.2) is 15.0 Å². The number of nitrogens with zero attached hydrogens (tertiary/aromatic N) is 4. The van der Waals surface area contributed by atoms with Gasteiger partial charge in [-0.2, -0.15) is 0 Å². The Hall–Kier alpha value is -2.54. The fourth-order valence-electron chi connectivity index (χ4n) is 2.94. The lowest BCUT2D eigenvalue weighted by Crippen LogP contribution is -2.40. The Labute approximate surface area is 137 Å². The summed E-state index contributed by atoms with van der Waals surface area (Å²) in [6, 6.07) is 7.26. The van der Waals surface area contributed by atoms with Crippen molar-refractivity contribution in [3.63, 3.8) is 0 Å². The molecule has 1 atom stereocenters. The first-order valence-electron chi connectivity index (χ1n) is 7.50. The van der Waals surface area contributed by atoms with Crippen LogP contribution in [0.25, 0.3) is 10.2 Å². The first kappa shape index (κ1) is 14.1. The first-order valence-corrected chi connectivity index (χ1v) is 8.37. The molecule has 6 nitrogen and oxygen atoms in total. The Bertz CT molecular complexity index is 835. The molecule has 3 aromatic heterocycles. The third-order valence-electron chi connectivity index (χ3n) is 3.98. The van der Waals surface area contributed by atoms with Gasteiger partial charge in [-0.3, -0.25) is 4.79 Å². The first-order chi connectivity index (χ1) is 11.3. The lowest BCUT2D eigenvalue weighted by atomic mass is 10.2. The van der Waals surface area contributed by atoms with Gasteiger partial charge in [0.25, 0.3) is 0 Å². The molecule has 1 amide bonds. The van der Waals surface area contributed by atoms with Gasteiger partial charge in [0.15, 0.2) is 0 Å². The van der Waals surface area contributed by atoms with E-state index < -0.39 is 0 Å². The van der Waals surface area contributed by atoms with Crippen LogP contribution in [0.5, 0.6) is 0 Å². The molecule has 7 heteroatoms. The summed E-state index contributed by atoms with van der Waals surface area (Å²) in [6.45, 7) is 0.822. The maximum atomic E-state index is 12.6. The second kappa shape index (κ2) is 5.92. The molecule has 0 radical (unpaired) electrons. The quantitative estimate of drug-likeness (QED) is 0.801. The predicted molar refractivity (Wildman–Crippen MR) is 90.6 cm³/mol. The standard InChI is InChI=1S/C16H15N5OS/c22-15(20-13-5-1-2-7-17-13)12-4-3-8-21(12)14-11-6-9-23-16(11)19-10-18-14/h1-2,5-7,9-10,12H,3-4,8H2,(H,17,20,22)/t12-/m0/s1. The SMILES string of the molecule is O=C(Nc1ccccn1)[C@@H]1CCCN1c1ncnc2sccc12. The zero-order chi connectivity index (χ0) is 15.6. The lowest BCUT2D eigenvalue weighted by Gasteiger charge is -2.25. The molecular formula is C16H15N5OS. The Balaban J connectivity index is 1.61. The summed E-state index contributed by atoms with van der Waals surface area (Å²) >= 11 is 1.58. The molecule has 0 spiro atoms. The van der Waals surface area contributed by atoms with E-state index in [-0.39, 0.29) is 11.9 Å². The molecular weight excluding hydrogens is 310 g/mol. The van der Waals surface area contributed by atoms with Crippen LogP contribution in [-0.2, 0) is 4.79 Å². The average molecular weight is 325 g/mol. The van der Waals surface area contributed by atoms with Crippen LogP contribution < -0.4 is 10.2 Å². The fraction of sp³-hybridized carbons (Fsp3) is 0.250. The van der Waals surface area contributed by atoms with Crippen molar-refractivity contribution in [2.75, 3.05) is 16.8 Å². The maximum Gasteiger partial charge on any atom is 0.248 e. The number of thiophene rings is 1. The minimum absolute atomic E-state index is 0.0387. The number of carbonyl (C=O) groups is 1. The number of hydrogen-bond acceptors (Lipinski definition) is 6. The molecule has 0 unspecified atom stereocenters. The third-order valence-corrected chi connectivity index (χ3v) is 4.81. The summed E-state index contributed by atoms with van der Waals surface area (Å²) in [6.07, 6.45) is 5.02. The van der Waals surface area contributed by atoms with E-state index in [0.29, 0.717) is 5.82 Å². The zero-order valence-corrected chi connectivity index (χ0v) is 13.2. The van der Waals surface area contributed by atoms with Crippen molar-refractivity contribution in [3.05, 3.63) is 42.2 Å². The molecule has 1 saturated heterocycles. The van der Waals surface area contributed by atoms with Crippen LogP contribution in [0.15, 0.2) is 42.2 Å². The number of carbonyl (C=O) groups excluding carboxylic acids is 1. The molecule has 0 aliphatic carbocycles. The van der Waals surface area contributed by atoms with Gasteiger partial charge < -0.3 is 10.2 Å². The van der Waals surface area contributed by atoms with Gasteiger partial charge >= 0.3 is 0 Å². The fourth-order valence-corrected chi connectivity index (χ4v) is 3.67. The Morgan fingerprint density at radius 2 is 2.22 bits per heavy atom. The van der Waals surface area contributed by atoms with Gasteiger partial charge in [-0.15, -0.1) is 11.3 Å². The number of hydrogen-bond donors (Lipinski definition) is 1. The molecule has 1 aliphatic heterocycles. The van der Waals surface area contributed by atoms with E-state index in [4.69, 9.17) is 0 Å². The van der Waals surface area contributed by atoms with Gasteiger partial charge in [-0.1, -0.05) is 6.07 Å². The van der Waals surface area contributed by atoms with E-state index in [0.717, 1.165) is 35.4 Å². The van der Waals surface area contributed by atoms with Crippen LogP contribution in [0.3, 0.4) is 0 Å². The minimum atomic E-state index is -0.227. The van der Waals surface area contributed by atoms with Gasteiger partial charge in [0, 0.05) is 12.7 Å². The molecule has 4 rings (SSSR count). The van der Waals surface area contributed by atoms with Crippen LogP contribution in [0.1, 0.15) is 12.8 Å². The Morgan fingerprint density at radius 1 is 1.26 bits per heavy atom. The topological polar surface area (TPSA) is 71.0 Å². The number of nitrogens with one attached hydrogen (secondary N) is 1. The van der Waals surface area contributed by atoms with E-state index in [9.17, 15) is 4.79 Å². The number of anilines is 2. The molecule has 0 aromatic carbocycles. The molecule has 3 aromatic rings. The van der Waals surface area contributed by atoms with E-state index in [1.165, 1.54) is 0 Å². The molecule has 23 heavy (non-hydrogen) atoms. The summed E-state index contributed by atoms with van der Waals surface area (Å²) < 4.78 is 0. The van der Waals surface area contributed by atoms with Crippen molar-refractivity contribution in [2.45, 2.75) is 18.9 Å². The van der Waals surface area contributed by atoms with Gasteiger partial charge in [0.05, 0.1) is 5.39 Å². The van der Waals surface area contributed by atoms with Gasteiger partial charge in [0.2, 0.25) is 5.91 Å². The second-order valence-corrected chi connectivity index (χ2v) is 6.29. The molecule has 1 N–H and O–H groups in total. The second-order valence-electron chi connectivity index (χ2n) is 5.39. The Kier molecular flexibility index (Phi) is 3.63. The summed E-state index contributed by atoms with van der Waals surface area (Å²) in [7, 11) is 0. The van der Waals surface area contributed by atoms with Crippen LogP contribution in [0.2, 0.25) is 0 Å². The van der Waals surface area contributed by atoms with Gasteiger partial charge in [-0.05, 0) is 36.4 Å². The number of pyridine rings is 1. The monoisotopic (exact) mass is 325 g/mol. The molecule has 0 bridgehead atoms. The average Bonchev–Trinajstić information content (AvgIpc) is 3.24. The predicted octanol–water partition coefficient (Wildman–Crippen LogP) is 2.69. The van der Waals surface area contributed by atoms with E-state index >= 15 is 0 Å². The van der Waals surface area contributed by atoms with Crippen molar-refractivity contribution >= 4 is 39.1 Å².